The second kappa shape index (κ2) is 5.10. The van der Waals surface area contributed by atoms with Crippen molar-refractivity contribution < 1.29 is 4.79 Å². The van der Waals surface area contributed by atoms with Gasteiger partial charge in [-0.25, -0.2) is 4.98 Å². The number of hydrogen-bond acceptors (Lipinski definition) is 3. The zero-order chi connectivity index (χ0) is 14.2. The van der Waals surface area contributed by atoms with Crippen molar-refractivity contribution in [2.75, 3.05) is 0 Å². The summed E-state index contributed by atoms with van der Waals surface area (Å²) in [4.78, 5) is 21.4. The van der Waals surface area contributed by atoms with Crippen LogP contribution in [0.4, 0.5) is 0 Å². The smallest absolute Gasteiger partial charge is 0.138 e. The van der Waals surface area contributed by atoms with E-state index in [0.29, 0.717) is 12.2 Å². The molecule has 4 heteroatoms. The van der Waals surface area contributed by atoms with E-state index in [1.54, 1.807) is 0 Å². The van der Waals surface area contributed by atoms with Crippen LogP contribution < -0.4 is 0 Å². The van der Waals surface area contributed by atoms with Crippen LogP contribution in [0.3, 0.4) is 0 Å². The first-order valence-electron chi connectivity index (χ1n) is 7.84. The lowest BCUT2D eigenvalue weighted by Gasteiger charge is -2.22. The normalized spacial score (nSPS) is 21.0. The number of fused-ring (bicyclic) bond motifs is 3. The molecule has 0 N–H and O–H groups in total. The fourth-order valence-electron chi connectivity index (χ4n) is 3.77. The summed E-state index contributed by atoms with van der Waals surface area (Å²) in [6, 6.07) is 4.05. The van der Waals surface area contributed by atoms with E-state index in [-0.39, 0.29) is 12.0 Å². The van der Waals surface area contributed by atoms with Crippen LogP contribution in [0.5, 0.6) is 0 Å². The molecule has 4 rings (SSSR count). The molecule has 1 atom stereocenters. The number of rotatable bonds is 3. The van der Waals surface area contributed by atoms with Crippen molar-refractivity contribution in [1.29, 1.82) is 0 Å². The first-order valence-corrected chi connectivity index (χ1v) is 7.84. The molecule has 0 radical (unpaired) electrons. The highest BCUT2D eigenvalue weighted by atomic mass is 16.1. The summed E-state index contributed by atoms with van der Waals surface area (Å²) < 4.78 is 2.11. The Morgan fingerprint density at radius 1 is 1.29 bits per heavy atom. The van der Waals surface area contributed by atoms with Crippen molar-refractivity contribution >= 4 is 5.78 Å². The van der Waals surface area contributed by atoms with Gasteiger partial charge in [0, 0.05) is 24.1 Å². The second-order valence-electron chi connectivity index (χ2n) is 6.14. The highest BCUT2D eigenvalue weighted by Gasteiger charge is 2.33. The van der Waals surface area contributed by atoms with Crippen molar-refractivity contribution in [3.8, 4) is 11.3 Å². The van der Waals surface area contributed by atoms with Gasteiger partial charge in [0.05, 0.1) is 30.0 Å². The zero-order valence-corrected chi connectivity index (χ0v) is 12.0. The average Bonchev–Trinajstić information content (AvgIpc) is 3.11. The number of nitrogens with zero attached hydrogens (tertiary/aromatic N) is 3. The third kappa shape index (κ3) is 2.09. The molecule has 4 nitrogen and oxygen atoms in total. The van der Waals surface area contributed by atoms with E-state index in [1.807, 2.05) is 24.8 Å². The van der Waals surface area contributed by atoms with E-state index in [4.69, 9.17) is 0 Å². The molecule has 0 unspecified atom stereocenters. The van der Waals surface area contributed by atoms with E-state index in [0.717, 1.165) is 29.8 Å². The number of carbonyl (C=O) groups is 1. The van der Waals surface area contributed by atoms with E-state index in [9.17, 15) is 4.79 Å². The van der Waals surface area contributed by atoms with E-state index in [2.05, 4.69) is 20.6 Å². The van der Waals surface area contributed by atoms with Crippen molar-refractivity contribution in [3.05, 3.63) is 36.5 Å². The fourth-order valence-corrected chi connectivity index (χ4v) is 3.77. The highest BCUT2D eigenvalue weighted by Crippen LogP contribution is 2.40. The van der Waals surface area contributed by atoms with E-state index < -0.39 is 0 Å². The van der Waals surface area contributed by atoms with Gasteiger partial charge in [-0.1, -0.05) is 19.3 Å². The summed E-state index contributed by atoms with van der Waals surface area (Å²) in [5.74, 6) is 0.663. The number of ketones is 1. The van der Waals surface area contributed by atoms with Crippen molar-refractivity contribution in [3.63, 3.8) is 0 Å². The molecule has 0 aromatic carbocycles. The third-order valence-electron chi connectivity index (χ3n) is 4.89. The van der Waals surface area contributed by atoms with Crippen LogP contribution in [-0.4, -0.2) is 20.3 Å². The molecule has 21 heavy (non-hydrogen) atoms. The van der Waals surface area contributed by atoms with Gasteiger partial charge in [0.25, 0.3) is 0 Å². The lowest BCUT2D eigenvalue weighted by atomic mass is 9.84. The Labute approximate surface area is 124 Å². The maximum Gasteiger partial charge on any atom is 0.138 e. The monoisotopic (exact) mass is 281 g/mol. The molecule has 1 aliphatic heterocycles. The Kier molecular flexibility index (Phi) is 3.09. The van der Waals surface area contributed by atoms with E-state index in [1.165, 1.54) is 19.3 Å². The van der Waals surface area contributed by atoms with Crippen LogP contribution in [0.2, 0.25) is 0 Å². The number of imidazole rings is 1. The van der Waals surface area contributed by atoms with Gasteiger partial charge in [-0.2, -0.15) is 0 Å². The summed E-state index contributed by atoms with van der Waals surface area (Å²) >= 11 is 0. The third-order valence-corrected chi connectivity index (χ3v) is 4.89. The molecule has 1 fully saturated rings. The van der Waals surface area contributed by atoms with Crippen LogP contribution in [0.25, 0.3) is 11.3 Å². The van der Waals surface area contributed by atoms with Gasteiger partial charge in [0.1, 0.15) is 5.78 Å². The maximum absolute atomic E-state index is 12.6. The molecule has 0 bridgehead atoms. The largest absolute Gasteiger partial charge is 0.321 e. The van der Waals surface area contributed by atoms with Gasteiger partial charge in [-0.05, 0) is 25.0 Å². The summed E-state index contributed by atoms with van der Waals surface area (Å²) in [5.41, 5.74) is 3.23. The molecule has 0 saturated heterocycles. The zero-order valence-electron chi connectivity index (χ0n) is 12.0. The van der Waals surface area contributed by atoms with Gasteiger partial charge in [-0.3, -0.25) is 9.78 Å². The Hall–Kier alpha value is -1.97. The Morgan fingerprint density at radius 2 is 2.14 bits per heavy atom. The quantitative estimate of drug-likeness (QED) is 0.866. The molecule has 2 aromatic rings. The highest BCUT2D eigenvalue weighted by molar-refractivity contribution is 5.83. The predicted molar refractivity (Wildman–Crippen MR) is 79.8 cm³/mol. The number of hydrogen-bond donors (Lipinski definition) is 0. The van der Waals surface area contributed by atoms with Gasteiger partial charge in [0.15, 0.2) is 0 Å². The first kappa shape index (κ1) is 12.7. The summed E-state index contributed by atoms with van der Waals surface area (Å²) in [5, 5.41) is 0. The molecule has 2 aliphatic rings. The van der Waals surface area contributed by atoms with Crippen molar-refractivity contribution in [1.82, 2.24) is 14.5 Å². The van der Waals surface area contributed by atoms with Gasteiger partial charge in [-0.15, -0.1) is 0 Å². The van der Waals surface area contributed by atoms with Crippen LogP contribution in [0.1, 0.15) is 50.3 Å². The second-order valence-corrected chi connectivity index (χ2v) is 6.14. The Balaban J connectivity index is 1.62. The first-order chi connectivity index (χ1) is 10.3. The van der Waals surface area contributed by atoms with Crippen LogP contribution in [0, 0.1) is 5.92 Å². The molecule has 3 heterocycles. The fraction of sp³-hybridized carbons (Fsp3) is 0.471. The standard InChI is InChI=1S/C17H19N3O/c21-16(12-5-2-1-3-6-12)9-14-17-13(7-4-8-19-17)15-10-18-11-20(14)15/h4,7-8,10-12,14H,1-3,5-6,9H2/t14-/m0/s1. The maximum atomic E-state index is 12.6. The molecule has 1 saturated carbocycles. The molecular weight excluding hydrogens is 262 g/mol. The average molecular weight is 281 g/mol. The van der Waals surface area contributed by atoms with Crippen LogP contribution >= 0.6 is 0 Å². The number of pyridine rings is 1. The van der Waals surface area contributed by atoms with Gasteiger partial charge in [0.2, 0.25) is 0 Å². The van der Waals surface area contributed by atoms with Crippen molar-refractivity contribution in [2.45, 2.75) is 44.6 Å². The molecular formula is C17H19N3O. The number of aromatic nitrogens is 3. The van der Waals surface area contributed by atoms with Crippen LogP contribution in [0.15, 0.2) is 30.9 Å². The van der Waals surface area contributed by atoms with Gasteiger partial charge >= 0.3 is 0 Å². The Bertz CT molecular complexity index is 670. The minimum absolute atomic E-state index is 0.0353. The summed E-state index contributed by atoms with van der Waals surface area (Å²) in [6.45, 7) is 0. The van der Waals surface area contributed by atoms with Gasteiger partial charge < -0.3 is 4.57 Å². The van der Waals surface area contributed by atoms with Crippen molar-refractivity contribution in [2.24, 2.45) is 5.92 Å². The van der Waals surface area contributed by atoms with Crippen LogP contribution in [-0.2, 0) is 4.79 Å². The van der Waals surface area contributed by atoms with E-state index >= 15 is 0 Å². The Morgan fingerprint density at radius 3 is 3.00 bits per heavy atom. The number of Topliss-reactive ketones (excluding diaryl/α,β-unsaturated/α-hetero) is 1. The summed E-state index contributed by atoms with van der Waals surface area (Å²) in [7, 11) is 0. The molecule has 0 amide bonds. The minimum Gasteiger partial charge on any atom is -0.321 e. The summed E-state index contributed by atoms with van der Waals surface area (Å²) in [6.07, 6.45) is 11.9. The lowest BCUT2D eigenvalue weighted by molar-refractivity contribution is -0.124. The lowest BCUT2D eigenvalue weighted by Crippen LogP contribution is -2.21. The molecule has 1 aliphatic carbocycles. The molecule has 108 valence electrons. The molecule has 0 spiro atoms. The topological polar surface area (TPSA) is 47.8 Å². The molecule has 2 aromatic heterocycles. The predicted octanol–water partition coefficient (Wildman–Crippen LogP) is 3.39. The number of carbonyl (C=O) groups excluding carboxylic acids is 1. The minimum atomic E-state index is 0.0353. The SMILES string of the molecule is O=C(C[C@H]1c2ncccc2-c2cncn21)C1CCCCC1.